The van der Waals surface area contributed by atoms with Crippen LogP contribution in [0.25, 0.3) is 0 Å². The molecule has 1 aliphatic heterocycles. The number of benzene rings is 2. The van der Waals surface area contributed by atoms with Crippen LogP contribution in [0.2, 0.25) is 0 Å². The second kappa shape index (κ2) is 8.53. The lowest BCUT2D eigenvalue weighted by Crippen LogP contribution is -2.47. The molecule has 29 heavy (non-hydrogen) atoms. The predicted molar refractivity (Wildman–Crippen MR) is 114 cm³/mol. The fourth-order valence-electron chi connectivity index (χ4n) is 4.01. The third-order valence-electron chi connectivity index (χ3n) is 5.78. The van der Waals surface area contributed by atoms with Crippen LogP contribution < -0.4 is 4.90 Å². The van der Waals surface area contributed by atoms with E-state index in [9.17, 15) is 9.59 Å². The molecule has 4 nitrogen and oxygen atoms in total. The van der Waals surface area contributed by atoms with Crippen molar-refractivity contribution in [1.29, 1.82) is 0 Å². The Labute approximate surface area is 172 Å². The Morgan fingerprint density at radius 2 is 1.83 bits per heavy atom. The van der Waals surface area contributed by atoms with Gasteiger partial charge in [-0.3, -0.25) is 9.59 Å². The van der Waals surface area contributed by atoms with E-state index in [2.05, 4.69) is 5.92 Å². The summed E-state index contributed by atoms with van der Waals surface area (Å²) >= 11 is 0. The molecule has 0 spiro atoms. The lowest BCUT2D eigenvalue weighted by molar-refractivity contribution is -0.136. The van der Waals surface area contributed by atoms with Crippen LogP contribution in [-0.4, -0.2) is 29.8 Å². The lowest BCUT2D eigenvalue weighted by Gasteiger charge is -2.35. The number of carbonyl (C=O) groups is 2. The number of hydrogen-bond acceptors (Lipinski definition) is 2. The van der Waals surface area contributed by atoms with E-state index in [1.54, 1.807) is 0 Å². The maximum absolute atomic E-state index is 13.6. The van der Waals surface area contributed by atoms with E-state index in [1.807, 2.05) is 64.4 Å². The predicted octanol–water partition coefficient (Wildman–Crippen LogP) is 3.85. The van der Waals surface area contributed by atoms with Crippen molar-refractivity contribution < 1.29 is 9.59 Å². The molecule has 0 N–H and O–H groups in total. The highest BCUT2D eigenvalue weighted by atomic mass is 16.2. The number of likely N-dealkylation sites (tertiary alicyclic amines) is 1. The largest absolute Gasteiger partial charge is 0.342 e. The third-order valence-corrected chi connectivity index (χ3v) is 5.78. The molecule has 2 aromatic carbocycles. The van der Waals surface area contributed by atoms with Gasteiger partial charge >= 0.3 is 0 Å². The second-order valence-electron chi connectivity index (χ2n) is 8.00. The molecule has 0 bridgehead atoms. The number of terminal acetylenes is 1. The smallest absolute Gasteiger partial charge is 0.232 e. The van der Waals surface area contributed by atoms with Crippen molar-refractivity contribution in [2.24, 2.45) is 11.8 Å². The highest BCUT2D eigenvalue weighted by molar-refractivity contribution is 5.95. The molecule has 1 heterocycles. The zero-order valence-electron chi connectivity index (χ0n) is 16.6. The molecule has 2 amide bonds. The summed E-state index contributed by atoms with van der Waals surface area (Å²) in [4.78, 5) is 29.8. The highest BCUT2D eigenvalue weighted by Crippen LogP contribution is 2.33. The van der Waals surface area contributed by atoms with Gasteiger partial charge in [-0.2, -0.15) is 0 Å². The summed E-state index contributed by atoms with van der Waals surface area (Å²) in [7, 11) is 0. The first-order chi connectivity index (χ1) is 14.2. The zero-order chi connectivity index (χ0) is 20.2. The Bertz CT molecular complexity index is 927. The van der Waals surface area contributed by atoms with Gasteiger partial charge in [-0.1, -0.05) is 42.3 Å². The van der Waals surface area contributed by atoms with Gasteiger partial charge in [0.2, 0.25) is 11.8 Å². The molecular weight excluding hydrogens is 360 g/mol. The summed E-state index contributed by atoms with van der Waals surface area (Å²) in [5, 5.41) is 0. The summed E-state index contributed by atoms with van der Waals surface area (Å²) in [5.74, 6) is 2.96. The second-order valence-corrected chi connectivity index (χ2v) is 8.00. The molecule has 1 aliphatic carbocycles. The molecule has 0 radical (unpaired) electrons. The minimum absolute atomic E-state index is 0.0660. The van der Waals surface area contributed by atoms with Gasteiger partial charge in [-0.25, -0.2) is 0 Å². The Morgan fingerprint density at radius 1 is 1.03 bits per heavy atom. The number of piperidine rings is 1. The molecule has 148 valence electrons. The first-order valence-corrected chi connectivity index (χ1v) is 10.4. The molecule has 2 aromatic rings. The van der Waals surface area contributed by atoms with Crippen molar-refractivity contribution in [3.8, 4) is 12.3 Å². The Kier molecular flexibility index (Phi) is 5.67. The molecule has 1 unspecified atom stereocenters. The number of anilines is 1. The van der Waals surface area contributed by atoms with Crippen molar-refractivity contribution in [3.05, 3.63) is 65.7 Å². The monoisotopic (exact) mass is 386 g/mol. The quantitative estimate of drug-likeness (QED) is 0.733. The van der Waals surface area contributed by atoms with Gasteiger partial charge in [0, 0.05) is 30.3 Å². The molecule has 1 saturated carbocycles. The van der Waals surface area contributed by atoms with Crippen LogP contribution in [0, 0.1) is 24.2 Å². The molecule has 2 aliphatic rings. The maximum Gasteiger partial charge on any atom is 0.232 e. The van der Waals surface area contributed by atoms with Gasteiger partial charge in [0.1, 0.15) is 0 Å². The Morgan fingerprint density at radius 3 is 2.55 bits per heavy atom. The van der Waals surface area contributed by atoms with Crippen LogP contribution in [0.4, 0.5) is 5.69 Å². The highest BCUT2D eigenvalue weighted by Gasteiger charge is 2.37. The average Bonchev–Trinajstić information content (AvgIpc) is 3.63. The van der Waals surface area contributed by atoms with Gasteiger partial charge in [-0.15, -0.1) is 6.42 Å². The minimum Gasteiger partial charge on any atom is -0.342 e. The van der Waals surface area contributed by atoms with Crippen LogP contribution in [-0.2, 0) is 16.1 Å². The zero-order valence-corrected chi connectivity index (χ0v) is 16.6. The van der Waals surface area contributed by atoms with Gasteiger partial charge in [0.25, 0.3) is 0 Å². The van der Waals surface area contributed by atoms with E-state index in [-0.39, 0.29) is 23.7 Å². The van der Waals surface area contributed by atoms with Crippen molar-refractivity contribution >= 4 is 17.5 Å². The van der Waals surface area contributed by atoms with Crippen molar-refractivity contribution in [3.63, 3.8) is 0 Å². The van der Waals surface area contributed by atoms with Crippen molar-refractivity contribution in [1.82, 2.24) is 4.90 Å². The molecule has 1 atom stereocenters. The molecule has 2 fully saturated rings. The first-order valence-electron chi connectivity index (χ1n) is 10.4. The Balaban J connectivity index is 1.58. The van der Waals surface area contributed by atoms with Crippen LogP contribution in [0.3, 0.4) is 0 Å². The standard InChI is InChI=1S/C25H26N2O2/c1-2-19-10-6-12-23(16-19)27(17-20-8-4-3-5-9-20)25(29)22-11-7-15-26(18-22)24(28)21-13-14-21/h1,3-6,8-10,12,16,21-22H,7,11,13-15,17-18H2. The van der Waals surface area contributed by atoms with Crippen LogP contribution >= 0.6 is 0 Å². The summed E-state index contributed by atoms with van der Waals surface area (Å²) in [6, 6.07) is 17.5. The normalized spacial score (nSPS) is 18.7. The van der Waals surface area contributed by atoms with Gasteiger partial charge in [-0.05, 0) is 49.4 Å². The molecule has 1 saturated heterocycles. The van der Waals surface area contributed by atoms with Gasteiger partial charge < -0.3 is 9.80 Å². The molecule has 4 rings (SSSR count). The van der Waals surface area contributed by atoms with E-state index in [4.69, 9.17) is 6.42 Å². The molecule has 0 aromatic heterocycles. The van der Waals surface area contributed by atoms with E-state index in [1.165, 1.54) is 0 Å². The average molecular weight is 386 g/mol. The van der Waals surface area contributed by atoms with Crippen LogP contribution in [0.5, 0.6) is 0 Å². The number of rotatable bonds is 5. The SMILES string of the molecule is C#Cc1cccc(N(Cc2ccccc2)C(=O)C2CCCN(C(=O)C3CC3)C2)c1. The van der Waals surface area contributed by atoms with Crippen molar-refractivity contribution in [2.75, 3.05) is 18.0 Å². The Hall–Kier alpha value is -3.06. The van der Waals surface area contributed by atoms with E-state index < -0.39 is 0 Å². The number of nitrogens with zero attached hydrogens (tertiary/aromatic N) is 2. The summed E-state index contributed by atoms with van der Waals surface area (Å²) in [6.45, 7) is 1.78. The van der Waals surface area contributed by atoms with E-state index in [0.29, 0.717) is 13.1 Å². The van der Waals surface area contributed by atoms with Crippen LogP contribution in [0.1, 0.15) is 36.8 Å². The number of amides is 2. The summed E-state index contributed by atoms with van der Waals surface area (Å²) < 4.78 is 0. The topological polar surface area (TPSA) is 40.6 Å². The minimum atomic E-state index is -0.176. The van der Waals surface area contributed by atoms with Gasteiger partial charge in [0.15, 0.2) is 0 Å². The fraction of sp³-hybridized carbons (Fsp3) is 0.360. The maximum atomic E-state index is 13.6. The number of carbonyl (C=O) groups excluding carboxylic acids is 2. The first kappa shape index (κ1) is 19.3. The molecule has 4 heteroatoms. The van der Waals surface area contributed by atoms with E-state index >= 15 is 0 Å². The lowest BCUT2D eigenvalue weighted by atomic mass is 9.95. The van der Waals surface area contributed by atoms with E-state index in [0.717, 1.165) is 49.0 Å². The summed E-state index contributed by atoms with van der Waals surface area (Å²) in [5.41, 5.74) is 2.62. The number of hydrogen-bond donors (Lipinski definition) is 0. The van der Waals surface area contributed by atoms with Gasteiger partial charge in [0.05, 0.1) is 12.5 Å². The van der Waals surface area contributed by atoms with Crippen molar-refractivity contribution in [2.45, 2.75) is 32.2 Å². The van der Waals surface area contributed by atoms with Crippen LogP contribution in [0.15, 0.2) is 54.6 Å². The summed E-state index contributed by atoms with van der Waals surface area (Å²) in [6.07, 6.45) is 9.25. The third kappa shape index (κ3) is 4.51. The molecular formula is C25H26N2O2. The fourth-order valence-corrected chi connectivity index (χ4v) is 4.01.